The highest BCUT2D eigenvalue weighted by Gasteiger charge is 2.18. The molecule has 0 saturated heterocycles. The fourth-order valence-electron chi connectivity index (χ4n) is 2.23. The summed E-state index contributed by atoms with van der Waals surface area (Å²) in [6, 6.07) is 5.63. The summed E-state index contributed by atoms with van der Waals surface area (Å²) in [7, 11) is 3.46. The van der Waals surface area contributed by atoms with Crippen LogP contribution in [0.1, 0.15) is 22.9 Å². The van der Waals surface area contributed by atoms with Gasteiger partial charge in [0.2, 0.25) is 0 Å². The van der Waals surface area contributed by atoms with Crippen molar-refractivity contribution in [3.05, 3.63) is 44.6 Å². The lowest BCUT2D eigenvalue weighted by Crippen LogP contribution is -2.15. The second-order valence-corrected chi connectivity index (χ2v) is 5.95. The zero-order valence-electron chi connectivity index (χ0n) is 11.7. The summed E-state index contributed by atoms with van der Waals surface area (Å²) < 4.78 is 8.01. The van der Waals surface area contributed by atoms with Crippen LogP contribution < -0.4 is 10.5 Å². The number of nitrogens with zero attached hydrogens (tertiary/aromatic N) is 2. The number of halogens is 2. The first-order valence-corrected chi connectivity index (χ1v) is 7.38. The molecule has 0 aliphatic rings. The highest BCUT2D eigenvalue weighted by atomic mass is 79.9. The van der Waals surface area contributed by atoms with Crippen LogP contribution in [0.3, 0.4) is 0 Å². The van der Waals surface area contributed by atoms with Crippen LogP contribution >= 0.6 is 27.5 Å². The standard InChI is InChI=1S/C14H17BrClN3O/c1-8-11(14(16)19(2)18-8)7-12(17)10-5-4-9(15)6-13(10)20-3/h4-6,12H,7,17H2,1-3H3. The monoisotopic (exact) mass is 357 g/mol. The Morgan fingerprint density at radius 2 is 2.20 bits per heavy atom. The molecular formula is C14H17BrClN3O. The maximum absolute atomic E-state index is 6.31. The number of nitrogens with two attached hydrogens (primary N) is 1. The van der Waals surface area contributed by atoms with Crippen molar-refractivity contribution in [1.82, 2.24) is 9.78 Å². The minimum absolute atomic E-state index is 0.196. The van der Waals surface area contributed by atoms with Gasteiger partial charge in [-0.2, -0.15) is 5.10 Å². The summed E-state index contributed by atoms with van der Waals surface area (Å²) in [6.45, 7) is 1.94. The lowest BCUT2D eigenvalue weighted by atomic mass is 9.99. The Bertz CT molecular complexity index is 627. The minimum Gasteiger partial charge on any atom is -0.496 e. The average molecular weight is 359 g/mol. The number of aryl methyl sites for hydroxylation is 2. The molecule has 2 N–H and O–H groups in total. The molecule has 108 valence electrons. The Kier molecular flexibility index (Phi) is 4.73. The molecule has 1 heterocycles. The molecule has 1 aromatic carbocycles. The maximum Gasteiger partial charge on any atom is 0.130 e. The first-order chi connectivity index (χ1) is 9.43. The SMILES string of the molecule is COc1cc(Br)ccc1C(N)Cc1c(C)nn(C)c1Cl. The fourth-order valence-corrected chi connectivity index (χ4v) is 2.82. The van der Waals surface area contributed by atoms with Gasteiger partial charge in [-0.25, -0.2) is 0 Å². The van der Waals surface area contributed by atoms with E-state index >= 15 is 0 Å². The van der Waals surface area contributed by atoms with Gasteiger partial charge in [0.05, 0.1) is 12.8 Å². The Hall–Kier alpha value is -1.04. The van der Waals surface area contributed by atoms with E-state index in [1.807, 2.05) is 32.2 Å². The summed E-state index contributed by atoms with van der Waals surface area (Å²) in [4.78, 5) is 0. The molecular weight excluding hydrogens is 342 g/mol. The molecule has 1 unspecified atom stereocenters. The summed E-state index contributed by atoms with van der Waals surface area (Å²) in [5, 5.41) is 4.94. The molecule has 0 saturated carbocycles. The highest BCUT2D eigenvalue weighted by molar-refractivity contribution is 9.10. The zero-order valence-corrected chi connectivity index (χ0v) is 14.0. The van der Waals surface area contributed by atoms with Crippen molar-refractivity contribution in [2.45, 2.75) is 19.4 Å². The van der Waals surface area contributed by atoms with Crippen molar-refractivity contribution < 1.29 is 4.74 Å². The van der Waals surface area contributed by atoms with E-state index in [2.05, 4.69) is 21.0 Å². The van der Waals surface area contributed by atoms with Crippen LogP contribution in [0.2, 0.25) is 5.15 Å². The molecule has 0 spiro atoms. The number of ether oxygens (including phenoxy) is 1. The van der Waals surface area contributed by atoms with Crippen molar-refractivity contribution in [3.8, 4) is 5.75 Å². The topological polar surface area (TPSA) is 53.1 Å². The molecule has 1 aromatic heterocycles. The normalized spacial score (nSPS) is 12.5. The van der Waals surface area contributed by atoms with Gasteiger partial charge in [0.25, 0.3) is 0 Å². The van der Waals surface area contributed by atoms with Crippen molar-refractivity contribution in [2.24, 2.45) is 12.8 Å². The number of methoxy groups -OCH3 is 1. The molecule has 6 heteroatoms. The van der Waals surface area contributed by atoms with E-state index in [0.717, 1.165) is 27.0 Å². The largest absolute Gasteiger partial charge is 0.496 e. The van der Waals surface area contributed by atoms with E-state index in [9.17, 15) is 0 Å². The van der Waals surface area contributed by atoms with Gasteiger partial charge in [0, 0.05) is 28.7 Å². The number of hydrogen-bond acceptors (Lipinski definition) is 3. The molecule has 4 nitrogen and oxygen atoms in total. The predicted octanol–water partition coefficient (Wildman–Crippen LogP) is 3.40. The molecule has 20 heavy (non-hydrogen) atoms. The smallest absolute Gasteiger partial charge is 0.130 e. The van der Waals surface area contributed by atoms with Crippen LogP contribution in [0.15, 0.2) is 22.7 Å². The Balaban J connectivity index is 2.30. The van der Waals surface area contributed by atoms with E-state index in [0.29, 0.717) is 11.6 Å². The molecule has 0 bridgehead atoms. The maximum atomic E-state index is 6.31. The van der Waals surface area contributed by atoms with Crippen LogP contribution in [0.25, 0.3) is 0 Å². The minimum atomic E-state index is -0.196. The molecule has 0 fully saturated rings. The van der Waals surface area contributed by atoms with Crippen LogP contribution in [0.4, 0.5) is 0 Å². The second-order valence-electron chi connectivity index (χ2n) is 4.68. The molecule has 2 aromatic rings. The third kappa shape index (κ3) is 3.00. The van der Waals surface area contributed by atoms with Crippen LogP contribution in [0, 0.1) is 6.92 Å². The van der Waals surface area contributed by atoms with E-state index in [-0.39, 0.29) is 6.04 Å². The first-order valence-electron chi connectivity index (χ1n) is 6.21. The number of aromatic nitrogens is 2. The van der Waals surface area contributed by atoms with Crippen LogP contribution in [-0.2, 0) is 13.5 Å². The molecule has 0 aliphatic heterocycles. The number of hydrogen-bond donors (Lipinski definition) is 1. The first kappa shape index (κ1) is 15.4. The fraction of sp³-hybridized carbons (Fsp3) is 0.357. The van der Waals surface area contributed by atoms with Gasteiger partial charge in [-0.1, -0.05) is 33.6 Å². The Morgan fingerprint density at radius 1 is 1.50 bits per heavy atom. The lowest BCUT2D eigenvalue weighted by Gasteiger charge is -2.16. The average Bonchev–Trinajstić information content (AvgIpc) is 2.65. The van der Waals surface area contributed by atoms with Gasteiger partial charge in [0.15, 0.2) is 0 Å². The second kappa shape index (κ2) is 6.16. The van der Waals surface area contributed by atoms with Crippen LogP contribution in [0.5, 0.6) is 5.75 Å². The summed E-state index contributed by atoms with van der Waals surface area (Å²) in [6.07, 6.45) is 0.622. The molecule has 0 aliphatic carbocycles. The zero-order chi connectivity index (χ0) is 14.9. The third-order valence-corrected chi connectivity index (χ3v) is 4.25. The number of rotatable bonds is 4. The molecule has 2 rings (SSSR count). The summed E-state index contributed by atoms with van der Waals surface area (Å²) >= 11 is 9.68. The summed E-state index contributed by atoms with van der Waals surface area (Å²) in [5.41, 5.74) is 9.15. The van der Waals surface area contributed by atoms with Gasteiger partial charge < -0.3 is 10.5 Å². The van der Waals surface area contributed by atoms with E-state index in [4.69, 9.17) is 22.1 Å². The molecule has 0 radical (unpaired) electrons. The Labute approximate surface area is 132 Å². The van der Waals surface area contributed by atoms with E-state index in [1.165, 1.54) is 0 Å². The third-order valence-electron chi connectivity index (χ3n) is 3.29. The van der Waals surface area contributed by atoms with Crippen LogP contribution in [-0.4, -0.2) is 16.9 Å². The van der Waals surface area contributed by atoms with Crippen molar-refractivity contribution >= 4 is 27.5 Å². The highest BCUT2D eigenvalue weighted by Crippen LogP contribution is 2.31. The molecule has 0 amide bonds. The predicted molar refractivity (Wildman–Crippen MR) is 84.3 cm³/mol. The van der Waals surface area contributed by atoms with E-state index < -0.39 is 0 Å². The Morgan fingerprint density at radius 3 is 2.75 bits per heavy atom. The van der Waals surface area contributed by atoms with Gasteiger partial charge in [-0.05, 0) is 25.5 Å². The van der Waals surface area contributed by atoms with Gasteiger partial charge in [0.1, 0.15) is 10.9 Å². The molecule has 1 atom stereocenters. The van der Waals surface area contributed by atoms with Crippen molar-refractivity contribution in [2.75, 3.05) is 7.11 Å². The van der Waals surface area contributed by atoms with Crippen molar-refractivity contribution in [3.63, 3.8) is 0 Å². The van der Waals surface area contributed by atoms with Gasteiger partial charge in [-0.3, -0.25) is 4.68 Å². The van der Waals surface area contributed by atoms with Crippen molar-refractivity contribution in [1.29, 1.82) is 0 Å². The summed E-state index contributed by atoms with van der Waals surface area (Å²) in [5.74, 6) is 0.768. The lowest BCUT2D eigenvalue weighted by molar-refractivity contribution is 0.405. The van der Waals surface area contributed by atoms with E-state index in [1.54, 1.807) is 11.8 Å². The number of benzene rings is 1. The van der Waals surface area contributed by atoms with Gasteiger partial charge >= 0.3 is 0 Å². The quantitative estimate of drug-likeness (QED) is 0.911. The van der Waals surface area contributed by atoms with Gasteiger partial charge in [-0.15, -0.1) is 0 Å².